The zero-order valence-electron chi connectivity index (χ0n) is 12.6. The Morgan fingerprint density at radius 2 is 1.82 bits per heavy atom. The van der Waals surface area contributed by atoms with Gasteiger partial charge < -0.3 is 10.1 Å². The molecule has 22 heavy (non-hydrogen) atoms. The molecular weight excluding hydrogens is 342 g/mol. The van der Waals surface area contributed by atoms with E-state index in [2.05, 4.69) is 33.4 Å². The number of hydrogen-bond acceptors (Lipinski definition) is 2. The zero-order valence-corrected chi connectivity index (χ0v) is 14.2. The molecule has 0 aliphatic rings. The number of amides is 1. The Morgan fingerprint density at radius 3 is 2.50 bits per heavy atom. The molecule has 1 amide bonds. The van der Waals surface area contributed by atoms with Gasteiger partial charge in [-0.1, -0.05) is 46.3 Å². The zero-order chi connectivity index (χ0) is 15.8. The van der Waals surface area contributed by atoms with Crippen molar-refractivity contribution in [2.45, 2.75) is 25.8 Å². The minimum atomic E-state index is -0.0940. The normalized spacial score (nSPS) is 11.7. The second-order valence-corrected chi connectivity index (χ2v) is 6.15. The van der Waals surface area contributed by atoms with Crippen LogP contribution in [0.4, 0.5) is 0 Å². The summed E-state index contributed by atoms with van der Waals surface area (Å²) < 4.78 is 6.44. The third kappa shape index (κ3) is 5.90. The molecule has 0 heterocycles. The van der Waals surface area contributed by atoms with Gasteiger partial charge >= 0.3 is 0 Å². The first-order chi connectivity index (χ1) is 10.6. The fraction of sp³-hybridized carbons (Fsp3) is 0.278. The largest absolute Gasteiger partial charge is 0.484 e. The van der Waals surface area contributed by atoms with Crippen LogP contribution in [0.3, 0.4) is 0 Å². The number of hydrogen-bond donors (Lipinski definition) is 1. The molecule has 2 aromatic rings. The third-order valence-corrected chi connectivity index (χ3v) is 3.83. The Morgan fingerprint density at radius 1 is 1.14 bits per heavy atom. The monoisotopic (exact) mass is 361 g/mol. The van der Waals surface area contributed by atoms with E-state index >= 15 is 0 Å². The first kappa shape index (κ1) is 16.6. The van der Waals surface area contributed by atoms with E-state index in [4.69, 9.17) is 4.74 Å². The number of carbonyl (C=O) groups is 1. The second kappa shape index (κ2) is 8.59. The Bertz CT molecular complexity index is 584. The lowest BCUT2D eigenvalue weighted by Crippen LogP contribution is -2.36. The van der Waals surface area contributed by atoms with E-state index in [-0.39, 0.29) is 18.6 Å². The van der Waals surface area contributed by atoms with Gasteiger partial charge in [-0.25, -0.2) is 0 Å². The van der Waals surface area contributed by atoms with E-state index in [0.717, 1.165) is 17.3 Å². The standard InChI is InChI=1S/C18H20BrNO2/c1-14(7-8-15-5-3-2-4-6-15)20-18(21)13-22-17-11-9-16(19)10-12-17/h2-6,9-12,14H,7-8,13H2,1H3,(H,20,21). The molecule has 2 rings (SSSR count). The summed E-state index contributed by atoms with van der Waals surface area (Å²) in [4.78, 5) is 11.9. The molecule has 1 atom stereocenters. The molecule has 0 aromatic heterocycles. The van der Waals surface area contributed by atoms with Gasteiger partial charge in [-0.2, -0.15) is 0 Å². The topological polar surface area (TPSA) is 38.3 Å². The van der Waals surface area contributed by atoms with Gasteiger partial charge in [0.05, 0.1) is 0 Å². The lowest BCUT2D eigenvalue weighted by atomic mass is 10.1. The summed E-state index contributed by atoms with van der Waals surface area (Å²) in [5, 5.41) is 2.96. The highest BCUT2D eigenvalue weighted by Crippen LogP contribution is 2.15. The first-order valence-corrected chi connectivity index (χ1v) is 8.14. The van der Waals surface area contributed by atoms with E-state index in [1.807, 2.05) is 49.4 Å². The summed E-state index contributed by atoms with van der Waals surface area (Å²) in [6, 6.07) is 17.8. The Hall–Kier alpha value is -1.81. The summed E-state index contributed by atoms with van der Waals surface area (Å²) in [5.74, 6) is 0.596. The van der Waals surface area contributed by atoms with E-state index in [9.17, 15) is 4.79 Å². The molecule has 4 heteroatoms. The highest BCUT2D eigenvalue weighted by Gasteiger charge is 2.08. The van der Waals surface area contributed by atoms with Crippen molar-refractivity contribution in [3.63, 3.8) is 0 Å². The smallest absolute Gasteiger partial charge is 0.258 e. The van der Waals surface area contributed by atoms with Crippen molar-refractivity contribution >= 4 is 21.8 Å². The van der Waals surface area contributed by atoms with Gasteiger partial charge in [0.15, 0.2) is 6.61 Å². The van der Waals surface area contributed by atoms with Crippen LogP contribution >= 0.6 is 15.9 Å². The molecule has 0 saturated heterocycles. The first-order valence-electron chi connectivity index (χ1n) is 7.35. The van der Waals surface area contributed by atoms with Crippen LogP contribution in [0.25, 0.3) is 0 Å². The molecule has 2 aromatic carbocycles. The summed E-state index contributed by atoms with van der Waals surface area (Å²) in [5.41, 5.74) is 1.29. The SMILES string of the molecule is CC(CCc1ccccc1)NC(=O)COc1ccc(Br)cc1. The van der Waals surface area contributed by atoms with Crippen LogP contribution in [0.2, 0.25) is 0 Å². The van der Waals surface area contributed by atoms with Crippen LogP contribution in [0.1, 0.15) is 18.9 Å². The lowest BCUT2D eigenvalue weighted by molar-refractivity contribution is -0.123. The third-order valence-electron chi connectivity index (χ3n) is 3.30. The number of carbonyl (C=O) groups excluding carboxylic acids is 1. The van der Waals surface area contributed by atoms with Crippen molar-refractivity contribution < 1.29 is 9.53 Å². The Balaban J connectivity index is 1.68. The molecule has 116 valence electrons. The number of halogens is 1. The fourth-order valence-corrected chi connectivity index (χ4v) is 2.36. The van der Waals surface area contributed by atoms with Crippen LogP contribution < -0.4 is 10.1 Å². The summed E-state index contributed by atoms with van der Waals surface area (Å²) in [6.45, 7) is 2.05. The van der Waals surface area contributed by atoms with Gasteiger partial charge in [-0.15, -0.1) is 0 Å². The molecule has 1 N–H and O–H groups in total. The highest BCUT2D eigenvalue weighted by molar-refractivity contribution is 9.10. The summed E-state index contributed by atoms with van der Waals surface area (Å²) in [7, 11) is 0. The van der Waals surface area contributed by atoms with Crippen LogP contribution in [0.15, 0.2) is 59.1 Å². The maximum Gasteiger partial charge on any atom is 0.258 e. The summed E-state index contributed by atoms with van der Waals surface area (Å²) in [6.07, 6.45) is 1.86. The number of nitrogens with one attached hydrogen (secondary N) is 1. The van der Waals surface area contributed by atoms with Crippen molar-refractivity contribution in [2.24, 2.45) is 0 Å². The number of benzene rings is 2. The van der Waals surface area contributed by atoms with Crippen LogP contribution in [-0.4, -0.2) is 18.6 Å². The highest BCUT2D eigenvalue weighted by atomic mass is 79.9. The van der Waals surface area contributed by atoms with Gasteiger partial charge in [0, 0.05) is 10.5 Å². The second-order valence-electron chi connectivity index (χ2n) is 5.24. The van der Waals surface area contributed by atoms with E-state index in [1.165, 1.54) is 5.56 Å². The van der Waals surface area contributed by atoms with Gasteiger partial charge in [0.2, 0.25) is 0 Å². The number of rotatable bonds is 7. The van der Waals surface area contributed by atoms with Gasteiger partial charge in [0.25, 0.3) is 5.91 Å². The minimum absolute atomic E-state index is 0.0390. The number of aryl methyl sites for hydroxylation is 1. The summed E-state index contributed by atoms with van der Waals surface area (Å²) >= 11 is 3.36. The predicted octanol–water partition coefficient (Wildman–Crippen LogP) is 3.97. The molecule has 1 unspecified atom stereocenters. The average Bonchev–Trinajstić information content (AvgIpc) is 2.53. The quantitative estimate of drug-likeness (QED) is 0.810. The molecule has 0 bridgehead atoms. The number of ether oxygens (including phenoxy) is 1. The van der Waals surface area contributed by atoms with E-state index < -0.39 is 0 Å². The van der Waals surface area contributed by atoms with Crippen molar-refractivity contribution in [1.82, 2.24) is 5.32 Å². The van der Waals surface area contributed by atoms with Gasteiger partial charge in [-0.3, -0.25) is 4.79 Å². The maximum atomic E-state index is 11.9. The molecule has 0 spiro atoms. The molecule has 0 radical (unpaired) electrons. The Kier molecular flexibility index (Phi) is 6.46. The average molecular weight is 362 g/mol. The molecule has 0 aliphatic carbocycles. The van der Waals surface area contributed by atoms with E-state index in [1.54, 1.807) is 0 Å². The maximum absolute atomic E-state index is 11.9. The van der Waals surface area contributed by atoms with Crippen LogP contribution in [0.5, 0.6) is 5.75 Å². The van der Waals surface area contributed by atoms with Crippen LogP contribution in [-0.2, 0) is 11.2 Å². The minimum Gasteiger partial charge on any atom is -0.484 e. The molecule has 0 saturated carbocycles. The van der Waals surface area contributed by atoms with Crippen molar-refractivity contribution in [1.29, 1.82) is 0 Å². The predicted molar refractivity (Wildman–Crippen MR) is 92.0 cm³/mol. The lowest BCUT2D eigenvalue weighted by Gasteiger charge is -2.14. The molecule has 3 nitrogen and oxygen atoms in total. The Labute approximate surface area is 139 Å². The van der Waals surface area contributed by atoms with E-state index in [0.29, 0.717) is 5.75 Å². The van der Waals surface area contributed by atoms with Crippen molar-refractivity contribution in [3.8, 4) is 5.75 Å². The van der Waals surface area contributed by atoms with Crippen LogP contribution in [0, 0.1) is 0 Å². The van der Waals surface area contributed by atoms with Crippen molar-refractivity contribution in [3.05, 3.63) is 64.6 Å². The van der Waals surface area contributed by atoms with Gasteiger partial charge in [-0.05, 0) is 49.6 Å². The molecule has 0 fully saturated rings. The fourth-order valence-electron chi connectivity index (χ4n) is 2.10. The van der Waals surface area contributed by atoms with Crippen molar-refractivity contribution in [2.75, 3.05) is 6.61 Å². The molecule has 0 aliphatic heterocycles. The van der Waals surface area contributed by atoms with Gasteiger partial charge in [0.1, 0.15) is 5.75 Å². The molecular formula is C18H20BrNO2.